The standard InChI is InChI=1S/C13H27NO4/c1-10-3-2-4-13(5-10)18-9-12(17)6-14-11(7-15)8-16/h10-17H,2-9H2,1H3. The van der Waals surface area contributed by atoms with Crippen LogP contribution in [0.2, 0.25) is 0 Å². The van der Waals surface area contributed by atoms with Crippen molar-refractivity contribution >= 4 is 0 Å². The Hall–Kier alpha value is -0.200. The molecule has 0 radical (unpaired) electrons. The Kier molecular flexibility index (Phi) is 7.77. The molecule has 0 heterocycles. The predicted molar refractivity (Wildman–Crippen MR) is 69.3 cm³/mol. The van der Waals surface area contributed by atoms with Crippen molar-refractivity contribution in [1.29, 1.82) is 0 Å². The van der Waals surface area contributed by atoms with Gasteiger partial charge in [0.2, 0.25) is 0 Å². The Morgan fingerprint density at radius 2 is 2.00 bits per heavy atom. The van der Waals surface area contributed by atoms with Crippen LogP contribution in [0, 0.1) is 5.92 Å². The maximum atomic E-state index is 9.73. The highest BCUT2D eigenvalue weighted by Crippen LogP contribution is 2.25. The van der Waals surface area contributed by atoms with Crippen molar-refractivity contribution in [3.8, 4) is 0 Å². The molecule has 4 N–H and O–H groups in total. The molecule has 5 nitrogen and oxygen atoms in total. The van der Waals surface area contributed by atoms with Crippen molar-refractivity contribution in [3.63, 3.8) is 0 Å². The monoisotopic (exact) mass is 261 g/mol. The molecular formula is C13H27NO4. The van der Waals surface area contributed by atoms with Crippen LogP contribution in [0.5, 0.6) is 0 Å². The van der Waals surface area contributed by atoms with E-state index >= 15 is 0 Å². The summed E-state index contributed by atoms with van der Waals surface area (Å²) < 4.78 is 5.70. The summed E-state index contributed by atoms with van der Waals surface area (Å²) in [6.45, 7) is 2.61. The van der Waals surface area contributed by atoms with Crippen molar-refractivity contribution in [2.24, 2.45) is 5.92 Å². The summed E-state index contributed by atoms with van der Waals surface area (Å²) in [5.41, 5.74) is 0. The molecule has 3 unspecified atom stereocenters. The topological polar surface area (TPSA) is 82.0 Å². The molecule has 0 bridgehead atoms. The second kappa shape index (κ2) is 8.82. The van der Waals surface area contributed by atoms with Gasteiger partial charge in [0.05, 0.1) is 38.1 Å². The Morgan fingerprint density at radius 3 is 2.61 bits per heavy atom. The number of nitrogens with one attached hydrogen (secondary N) is 1. The molecular weight excluding hydrogens is 234 g/mol. The van der Waals surface area contributed by atoms with Gasteiger partial charge in [-0.05, 0) is 18.8 Å². The summed E-state index contributed by atoms with van der Waals surface area (Å²) in [7, 11) is 0. The van der Waals surface area contributed by atoms with E-state index < -0.39 is 6.10 Å². The zero-order valence-electron chi connectivity index (χ0n) is 11.2. The van der Waals surface area contributed by atoms with Crippen LogP contribution < -0.4 is 5.32 Å². The summed E-state index contributed by atoms with van der Waals surface area (Å²) in [5, 5.41) is 30.4. The average molecular weight is 261 g/mol. The third kappa shape index (κ3) is 6.11. The smallest absolute Gasteiger partial charge is 0.0897 e. The van der Waals surface area contributed by atoms with E-state index in [4.69, 9.17) is 14.9 Å². The predicted octanol–water partition coefficient (Wildman–Crippen LogP) is -0.115. The Bertz CT molecular complexity index is 211. The highest BCUT2D eigenvalue weighted by molar-refractivity contribution is 4.72. The number of rotatable bonds is 8. The Labute approximate surface area is 109 Å². The molecule has 0 saturated heterocycles. The maximum Gasteiger partial charge on any atom is 0.0897 e. The lowest BCUT2D eigenvalue weighted by atomic mass is 9.89. The molecule has 5 heteroatoms. The molecule has 1 aliphatic carbocycles. The van der Waals surface area contributed by atoms with Gasteiger partial charge >= 0.3 is 0 Å². The molecule has 0 aliphatic heterocycles. The van der Waals surface area contributed by atoms with Gasteiger partial charge in [0.1, 0.15) is 0 Å². The lowest BCUT2D eigenvalue weighted by Crippen LogP contribution is -2.42. The third-order valence-corrected chi connectivity index (χ3v) is 3.50. The van der Waals surface area contributed by atoms with E-state index in [9.17, 15) is 5.11 Å². The van der Waals surface area contributed by atoms with Crippen LogP contribution >= 0.6 is 0 Å². The van der Waals surface area contributed by atoms with Gasteiger partial charge in [-0.2, -0.15) is 0 Å². The fourth-order valence-corrected chi connectivity index (χ4v) is 2.33. The molecule has 0 amide bonds. The summed E-state index contributed by atoms with van der Waals surface area (Å²) in [5.74, 6) is 0.715. The Balaban J connectivity index is 2.10. The number of hydrogen-bond donors (Lipinski definition) is 4. The zero-order valence-corrected chi connectivity index (χ0v) is 11.2. The fraction of sp³-hybridized carbons (Fsp3) is 1.00. The average Bonchev–Trinajstić information content (AvgIpc) is 2.37. The minimum absolute atomic E-state index is 0.135. The minimum Gasteiger partial charge on any atom is -0.395 e. The first-order valence-electron chi connectivity index (χ1n) is 6.90. The minimum atomic E-state index is -0.595. The second-order valence-electron chi connectivity index (χ2n) is 5.35. The first-order valence-corrected chi connectivity index (χ1v) is 6.90. The summed E-state index contributed by atoms with van der Waals surface area (Å²) in [4.78, 5) is 0. The fourth-order valence-electron chi connectivity index (χ4n) is 2.33. The maximum absolute atomic E-state index is 9.73. The summed E-state index contributed by atoms with van der Waals surface area (Å²) >= 11 is 0. The molecule has 1 aliphatic rings. The zero-order chi connectivity index (χ0) is 13.4. The Morgan fingerprint density at radius 1 is 1.28 bits per heavy atom. The normalized spacial score (nSPS) is 26.5. The molecule has 0 aromatic heterocycles. The lowest BCUT2D eigenvalue weighted by Gasteiger charge is -2.27. The van der Waals surface area contributed by atoms with Crippen molar-refractivity contribution < 1.29 is 20.1 Å². The van der Waals surface area contributed by atoms with E-state index in [1.54, 1.807) is 0 Å². The van der Waals surface area contributed by atoms with E-state index in [-0.39, 0.29) is 25.4 Å². The van der Waals surface area contributed by atoms with Gasteiger partial charge in [-0.25, -0.2) is 0 Å². The van der Waals surface area contributed by atoms with Crippen LogP contribution in [0.25, 0.3) is 0 Å². The molecule has 1 rings (SSSR count). The number of aliphatic hydroxyl groups is 3. The van der Waals surface area contributed by atoms with Crippen LogP contribution in [0.1, 0.15) is 32.6 Å². The highest BCUT2D eigenvalue weighted by atomic mass is 16.5. The van der Waals surface area contributed by atoms with Crippen LogP contribution in [0.15, 0.2) is 0 Å². The molecule has 0 aromatic carbocycles. The van der Waals surface area contributed by atoms with Gasteiger partial charge in [-0.15, -0.1) is 0 Å². The largest absolute Gasteiger partial charge is 0.395 e. The van der Waals surface area contributed by atoms with Gasteiger partial charge in [-0.1, -0.05) is 19.8 Å². The van der Waals surface area contributed by atoms with Gasteiger partial charge in [0.25, 0.3) is 0 Å². The summed E-state index contributed by atoms with van der Waals surface area (Å²) in [6, 6.07) is -0.366. The van der Waals surface area contributed by atoms with Gasteiger partial charge in [-0.3, -0.25) is 0 Å². The van der Waals surface area contributed by atoms with Gasteiger partial charge in [0, 0.05) is 6.54 Å². The lowest BCUT2D eigenvalue weighted by molar-refractivity contribution is -0.0319. The van der Waals surface area contributed by atoms with E-state index in [2.05, 4.69) is 12.2 Å². The van der Waals surface area contributed by atoms with E-state index in [0.717, 1.165) is 12.8 Å². The number of aliphatic hydroxyl groups excluding tert-OH is 3. The van der Waals surface area contributed by atoms with Crippen LogP contribution in [0.4, 0.5) is 0 Å². The van der Waals surface area contributed by atoms with E-state index in [1.807, 2.05) is 0 Å². The molecule has 3 atom stereocenters. The number of ether oxygens (including phenoxy) is 1. The second-order valence-corrected chi connectivity index (χ2v) is 5.35. The van der Waals surface area contributed by atoms with E-state index in [1.165, 1.54) is 12.8 Å². The molecule has 1 fully saturated rings. The SMILES string of the molecule is CC1CCCC(OCC(O)CNC(CO)CO)C1. The molecule has 108 valence electrons. The van der Waals surface area contributed by atoms with Crippen LogP contribution in [0.3, 0.4) is 0 Å². The summed E-state index contributed by atoms with van der Waals surface area (Å²) in [6.07, 6.45) is 4.32. The molecule has 18 heavy (non-hydrogen) atoms. The van der Waals surface area contributed by atoms with Crippen LogP contribution in [-0.4, -0.2) is 59.9 Å². The number of hydrogen-bond acceptors (Lipinski definition) is 5. The van der Waals surface area contributed by atoms with E-state index in [0.29, 0.717) is 19.1 Å². The van der Waals surface area contributed by atoms with Crippen molar-refractivity contribution in [2.75, 3.05) is 26.4 Å². The van der Waals surface area contributed by atoms with Crippen molar-refractivity contribution in [3.05, 3.63) is 0 Å². The molecule has 0 aromatic rings. The van der Waals surface area contributed by atoms with Gasteiger partial charge in [0.15, 0.2) is 0 Å². The van der Waals surface area contributed by atoms with Crippen molar-refractivity contribution in [2.45, 2.75) is 50.9 Å². The quantitative estimate of drug-likeness (QED) is 0.490. The van der Waals surface area contributed by atoms with Crippen LogP contribution in [-0.2, 0) is 4.74 Å². The highest BCUT2D eigenvalue weighted by Gasteiger charge is 2.20. The first-order chi connectivity index (χ1) is 8.65. The van der Waals surface area contributed by atoms with Crippen molar-refractivity contribution in [1.82, 2.24) is 5.32 Å². The first kappa shape index (κ1) is 15.9. The molecule has 0 spiro atoms. The molecule has 1 saturated carbocycles. The van der Waals surface area contributed by atoms with Gasteiger partial charge < -0.3 is 25.4 Å². The third-order valence-electron chi connectivity index (χ3n) is 3.50.